The second kappa shape index (κ2) is 6.93. The molecule has 0 aromatic heterocycles. The third kappa shape index (κ3) is 3.55. The van der Waals surface area contributed by atoms with Gasteiger partial charge in [-0.15, -0.1) is 0 Å². The number of nitriles is 1. The first-order valence-corrected chi connectivity index (χ1v) is 8.10. The normalized spacial score (nSPS) is 23.0. The molecule has 1 atom stereocenters. The molecular weight excluding hydrogens is 266 g/mol. The van der Waals surface area contributed by atoms with Crippen LogP contribution in [0.1, 0.15) is 58.3 Å². The molecule has 1 saturated carbocycles. The van der Waals surface area contributed by atoms with Crippen molar-refractivity contribution in [2.45, 2.75) is 64.3 Å². The first kappa shape index (κ1) is 15.8. The number of carbonyl (C=O) groups is 2. The highest BCUT2D eigenvalue weighted by atomic mass is 16.2. The molecule has 0 radical (unpaired) electrons. The topological polar surface area (TPSA) is 73.2 Å². The monoisotopic (exact) mass is 291 g/mol. The zero-order chi connectivity index (χ0) is 15.3. The van der Waals surface area contributed by atoms with Gasteiger partial charge in [-0.05, 0) is 39.0 Å². The van der Waals surface area contributed by atoms with Crippen molar-refractivity contribution < 1.29 is 9.59 Å². The molecule has 1 aliphatic carbocycles. The fourth-order valence-corrected chi connectivity index (χ4v) is 3.33. The fraction of sp³-hybridized carbons (Fsp3) is 0.812. The van der Waals surface area contributed by atoms with Gasteiger partial charge in [0, 0.05) is 13.1 Å². The molecular formula is C16H25N3O2. The standard InChI is InChI=1S/C16H25N3O2/c1-13(14(20)19-10-6-3-7-11-19)18-15(21)16(12-17)8-4-2-5-9-16/h13H,2-11H2,1H3,(H,18,21). The number of piperidine rings is 1. The molecule has 1 N–H and O–H groups in total. The average Bonchev–Trinajstić information content (AvgIpc) is 2.55. The van der Waals surface area contributed by atoms with E-state index in [1.54, 1.807) is 6.92 Å². The van der Waals surface area contributed by atoms with Gasteiger partial charge in [0.05, 0.1) is 6.07 Å². The van der Waals surface area contributed by atoms with Crippen LogP contribution in [-0.2, 0) is 9.59 Å². The number of nitrogens with zero attached hydrogens (tertiary/aromatic N) is 2. The quantitative estimate of drug-likeness (QED) is 0.864. The van der Waals surface area contributed by atoms with Crippen molar-refractivity contribution in [3.8, 4) is 6.07 Å². The van der Waals surface area contributed by atoms with E-state index in [-0.39, 0.29) is 11.8 Å². The second-order valence-electron chi connectivity index (χ2n) is 6.34. The van der Waals surface area contributed by atoms with Gasteiger partial charge in [-0.1, -0.05) is 19.3 Å². The summed E-state index contributed by atoms with van der Waals surface area (Å²) in [5.41, 5.74) is -0.922. The Morgan fingerprint density at radius 1 is 1.10 bits per heavy atom. The number of nitrogens with one attached hydrogen (secondary N) is 1. The molecule has 5 nitrogen and oxygen atoms in total. The summed E-state index contributed by atoms with van der Waals surface area (Å²) in [5, 5.41) is 12.2. The van der Waals surface area contributed by atoms with Gasteiger partial charge in [-0.3, -0.25) is 9.59 Å². The van der Waals surface area contributed by atoms with Crippen LogP contribution in [0.5, 0.6) is 0 Å². The van der Waals surface area contributed by atoms with E-state index in [4.69, 9.17) is 0 Å². The number of likely N-dealkylation sites (tertiary alicyclic amines) is 1. The van der Waals surface area contributed by atoms with E-state index < -0.39 is 11.5 Å². The van der Waals surface area contributed by atoms with Gasteiger partial charge in [-0.2, -0.15) is 5.26 Å². The Morgan fingerprint density at radius 3 is 2.24 bits per heavy atom. The maximum atomic E-state index is 12.4. The summed E-state index contributed by atoms with van der Waals surface area (Å²) in [6.07, 6.45) is 7.37. The largest absolute Gasteiger partial charge is 0.343 e. The predicted molar refractivity (Wildman–Crippen MR) is 79.2 cm³/mol. The summed E-state index contributed by atoms with van der Waals surface area (Å²) in [6.45, 7) is 3.29. The van der Waals surface area contributed by atoms with Gasteiger partial charge in [0.1, 0.15) is 11.5 Å². The SMILES string of the molecule is CC(NC(=O)C1(C#N)CCCCC1)C(=O)N1CCCCC1. The maximum absolute atomic E-state index is 12.4. The molecule has 0 spiro atoms. The van der Waals surface area contributed by atoms with Crippen LogP contribution in [0.3, 0.4) is 0 Å². The van der Waals surface area contributed by atoms with Gasteiger partial charge >= 0.3 is 0 Å². The van der Waals surface area contributed by atoms with Gasteiger partial charge in [0.15, 0.2) is 0 Å². The molecule has 0 bridgehead atoms. The summed E-state index contributed by atoms with van der Waals surface area (Å²) >= 11 is 0. The minimum atomic E-state index is -0.922. The van der Waals surface area contributed by atoms with Crippen molar-refractivity contribution in [1.82, 2.24) is 10.2 Å². The zero-order valence-corrected chi connectivity index (χ0v) is 12.9. The van der Waals surface area contributed by atoms with E-state index in [9.17, 15) is 14.9 Å². The molecule has 116 valence electrons. The van der Waals surface area contributed by atoms with Crippen molar-refractivity contribution in [3.05, 3.63) is 0 Å². The maximum Gasteiger partial charge on any atom is 0.244 e. The molecule has 0 aromatic carbocycles. The predicted octanol–water partition coefficient (Wildman–Crippen LogP) is 1.98. The number of hydrogen-bond donors (Lipinski definition) is 1. The zero-order valence-electron chi connectivity index (χ0n) is 12.9. The third-order valence-electron chi connectivity index (χ3n) is 4.74. The van der Waals surface area contributed by atoms with Crippen molar-refractivity contribution in [1.29, 1.82) is 5.26 Å². The highest BCUT2D eigenvalue weighted by Gasteiger charge is 2.41. The lowest BCUT2D eigenvalue weighted by Crippen LogP contribution is -2.52. The Morgan fingerprint density at radius 2 is 1.67 bits per heavy atom. The van der Waals surface area contributed by atoms with Crippen LogP contribution in [0.25, 0.3) is 0 Å². The van der Waals surface area contributed by atoms with Gasteiger partial charge in [0.2, 0.25) is 11.8 Å². The molecule has 2 amide bonds. The molecule has 2 aliphatic rings. The summed E-state index contributed by atoms with van der Waals surface area (Å²) in [4.78, 5) is 26.6. The molecule has 2 rings (SSSR count). The first-order valence-electron chi connectivity index (χ1n) is 8.10. The van der Waals surface area contributed by atoms with Crippen molar-refractivity contribution in [2.75, 3.05) is 13.1 Å². The van der Waals surface area contributed by atoms with Gasteiger partial charge in [0.25, 0.3) is 0 Å². The summed E-state index contributed by atoms with van der Waals surface area (Å²) in [6, 6.07) is 1.66. The van der Waals surface area contributed by atoms with Crippen LogP contribution in [0.4, 0.5) is 0 Å². The van der Waals surface area contributed by atoms with Gasteiger partial charge in [-0.25, -0.2) is 0 Å². The Labute approximate surface area is 126 Å². The Kier molecular flexibility index (Phi) is 5.22. The molecule has 0 aromatic rings. The Bertz CT molecular complexity index is 429. The number of carbonyl (C=O) groups excluding carboxylic acids is 2. The summed E-state index contributed by atoms with van der Waals surface area (Å²) in [7, 11) is 0. The van der Waals surface area contributed by atoms with Crippen LogP contribution in [0.2, 0.25) is 0 Å². The lowest BCUT2D eigenvalue weighted by Gasteiger charge is -2.33. The van der Waals surface area contributed by atoms with Crippen LogP contribution in [0, 0.1) is 16.7 Å². The average molecular weight is 291 g/mol. The number of rotatable bonds is 3. The molecule has 1 heterocycles. The summed E-state index contributed by atoms with van der Waals surface area (Å²) in [5.74, 6) is -0.283. The molecule has 1 unspecified atom stereocenters. The van der Waals surface area contributed by atoms with Crippen LogP contribution in [0.15, 0.2) is 0 Å². The van der Waals surface area contributed by atoms with Crippen molar-refractivity contribution in [2.24, 2.45) is 5.41 Å². The van der Waals surface area contributed by atoms with Crippen LogP contribution < -0.4 is 5.32 Å². The summed E-state index contributed by atoms with van der Waals surface area (Å²) < 4.78 is 0. The molecule has 21 heavy (non-hydrogen) atoms. The fourth-order valence-electron chi connectivity index (χ4n) is 3.33. The Hall–Kier alpha value is -1.57. The third-order valence-corrected chi connectivity index (χ3v) is 4.74. The van der Waals surface area contributed by atoms with E-state index >= 15 is 0 Å². The van der Waals surface area contributed by atoms with Crippen LogP contribution >= 0.6 is 0 Å². The smallest absolute Gasteiger partial charge is 0.244 e. The number of hydrogen-bond acceptors (Lipinski definition) is 3. The van der Waals surface area contributed by atoms with E-state index in [2.05, 4.69) is 11.4 Å². The highest BCUT2D eigenvalue weighted by molar-refractivity contribution is 5.91. The number of amides is 2. The van der Waals surface area contributed by atoms with E-state index in [1.165, 1.54) is 6.42 Å². The lowest BCUT2D eigenvalue weighted by atomic mass is 9.74. The minimum Gasteiger partial charge on any atom is -0.343 e. The Balaban J connectivity index is 1.94. The minimum absolute atomic E-state index is 0.0213. The first-order chi connectivity index (χ1) is 10.1. The molecule has 1 aliphatic heterocycles. The van der Waals surface area contributed by atoms with Crippen molar-refractivity contribution in [3.63, 3.8) is 0 Å². The molecule has 2 fully saturated rings. The van der Waals surface area contributed by atoms with E-state index in [0.29, 0.717) is 12.8 Å². The van der Waals surface area contributed by atoms with E-state index in [1.807, 2.05) is 4.90 Å². The lowest BCUT2D eigenvalue weighted by molar-refractivity contribution is -0.139. The van der Waals surface area contributed by atoms with Crippen LogP contribution in [-0.4, -0.2) is 35.8 Å². The van der Waals surface area contributed by atoms with Crippen molar-refractivity contribution >= 4 is 11.8 Å². The second-order valence-corrected chi connectivity index (χ2v) is 6.34. The van der Waals surface area contributed by atoms with E-state index in [0.717, 1.165) is 45.2 Å². The molecule has 5 heteroatoms. The molecule has 1 saturated heterocycles. The highest BCUT2D eigenvalue weighted by Crippen LogP contribution is 2.35. The van der Waals surface area contributed by atoms with Gasteiger partial charge < -0.3 is 10.2 Å².